The molecule has 0 atom stereocenters. The van der Waals surface area contributed by atoms with E-state index in [4.69, 9.17) is 14.7 Å². The number of ether oxygens (including phenoxy) is 1. The van der Waals surface area contributed by atoms with E-state index in [0.717, 1.165) is 58.3 Å². The second kappa shape index (κ2) is 10.1. The van der Waals surface area contributed by atoms with E-state index in [0.29, 0.717) is 0 Å². The number of anilines is 1. The van der Waals surface area contributed by atoms with Crippen LogP contribution in [0.2, 0.25) is 0 Å². The Kier molecular flexibility index (Phi) is 7.55. The molecule has 6 heteroatoms. The van der Waals surface area contributed by atoms with Gasteiger partial charge in [0.2, 0.25) is 5.91 Å². The third kappa shape index (κ3) is 6.20. The Morgan fingerprint density at radius 3 is 2.39 bits per heavy atom. The number of hydrogen-bond acceptors (Lipinski definition) is 5. The first-order valence-corrected chi connectivity index (χ1v) is 11.7. The molecule has 0 aliphatic carbocycles. The predicted molar refractivity (Wildman–Crippen MR) is 132 cm³/mol. The number of nitrogens with one attached hydrogen (secondary N) is 1. The number of amides is 1. The molecule has 0 radical (unpaired) electrons. The van der Waals surface area contributed by atoms with E-state index < -0.39 is 5.66 Å². The van der Waals surface area contributed by atoms with Crippen LogP contribution in [0.5, 0.6) is 5.75 Å². The maximum atomic E-state index is 12.6. The molecule has 164 valence electrons. The van der Waals surface area contributed by atoms with Gasteiger partial charge in [-0.1, -0.05) is 43.3 Å². The summed E-state index contributed by atoms with van der Waals surface area (Å²) in [6, 6.07) is 13.9. The summed E-state index contributed by atoms with van der Waals surface area (Å²) >= 11 is 1.43. The van der Waals surface area contributed by atoms with Gasteiger partial charge in [-0.05, 0) is 69.5 Å². The number of carbonyl (C=O) groups excluding carboxylic acids is 1. The smallest absolute Gasteiger partial charge is 0.234 e. The fraction of sp³-hybridized carbons (Fsp3) is 0.400. The molecule has 1 aliphatic heterocycles. The molecule has 0 spiro atoms. The van der Waals surface area contributed by atoms with E-state index in [1.807, 2.05) is 70.2 Å². The predicted octanol–water partition coefficient (Wildman–Crippen LogP) is 5.79. The molecule has 1 amide bonds. The minimum Gasteiger partial charge on any atom is -0.494 e. The van der Waals surface area contributed by atoms with Crippen molar-refractivity contribution >= 4 is 34.1 Å². The summed E-state index contributed by atoms with van der Waals surface area (Å²) in [5.74, 6) is 1.09. The number of carbonyl (C=O) groups is 1. The molecule has 3 rings (SSSR count). The Morgan fingerprint density at radius 2 is 1.74 bits per heavy atom. The van der Waals surface area contributed by atoms with Gasteiger partial charge < -0.3 is 10.1 Å². The van der Waals surface area contributed by atoms with Crippen LogP contribution in [0.3, 0.4) is 0 Å². The standard InChI is InChI=1S/C25H31N3O2S/c1-6-7-15-30-20-13-11-19(12-14-20)23-24(28-25(4,5)27-23)31-16-21(29)26-22-17(2)9-8-10-18(22)3/h8-14H,6-7,15-16H2,1-5H3,(H,26,29). The second-order valence-electron chi connectivity index (χ2n) is 8.20. The zero-order valence-corrected chi connectivity index (χ0v) is 19.8. The number of rotatable bonds is 8. The first kappa shape index (κ1) is 23.1. The van der Waals surface area contributed by atoms with Gasteiger partial charge >= 0.3 is 0 Å². The van der Waals surface area contributed by atoms with Crippen LogP contribution in [0, 0.1) is 13.8 Å². The highest BCUT2D eigenvalue weighted by Crippen LogP contribution is 2.28. The van der Waals surface area contributed by atoms with Gasteiger partial charge in [-0.25, -0.2) is 4.99 Å². The van der Waals surface area contributed by atoms with E-state index in [9.17, 15) is 4.79 Å². The van der Waals surface area contributed by atoms with Crippen molar-refractivity contribution in [2.45, 2.75) is 53.1 Å². The highest BCUT2D eigenvalue weighted by Gasteiger charge is 2.28. The molecule has 0 unspecified atom stereocenters. The van der Waals surface area contributed by atoms with Gasteiger partial charge in [-0.15, -0.1) is 0 Å². The summed E-state index contributed by atoms with van der Waals surface area (Å²) in [4.78, 5) is 22.1. The second-order valence-corrected chi connectivity index (χ2v) is 9.17. The average Bonchev–Trinajstić information content (AvgIpc) is 3.04. The number of aliphatic imine (C=N–C) groups is 2. The van der Waals surface area contributed by atoms with Crippen molar-refractivity contribution in [1.29, 1.82) is 0 Å². The lowest BCUT2D eigenvalue weighted by atomic mass is 10.1. The number of hydrogen-bond donors (Lipinski definition) is 1. The Bertz CT molecular complexity index is 974. The zero-order chi connectivity index (χ0) is 22.4. The van der Waals surface area contributed by atoms with Crippen LogP contribution in [0.4, 0.5) is 5.69 Å². The molecule has 1 aliphatic rings. The minimum absolute atomic E-state index is 0.0474. The topological polar surface area (TPSA) is 63.1 Å². The molecular formula is C25H31N3O2S. The number of unbranched alkanes of at least 4 members (excludes halogenated alkanes) is 1. The summed E-state index contributed by atoms with van der Waals surface area (Å²) in [6.45, 7) is 10.8. The first-order valence-electron chi connectivity index (χ1n) is 10.7. The normalized spacial score (nSPS) is 14.7. The van der Waals surface area contributed by atoms with Crippen molar-refractivity contribution in [1.82, 2.24) is 0 Å². The quantitative estimate of drug-likeness (QED) is 0.532. The molecule has 0 aromatic heterocycles. The number of para-hydroxylation sites is 1. The van der Waals surface area contributed by atoms with Gasteiger partial charge in [0, 0.05) is 11.3 Å². The third-order valence-electron chi connectivity index (χ3n) is 4.94. The Morgan fingerprint density at radius 1 is 1.06 bits per heavy atom. The monoisotopic (exact) mass is 437 g/mol. The van der Waals surface area contributed by atoms with Gasteiger partial charge in [-0.2, -0.15) is 0 Å². The molecule has 2 aromatic carbocycles. The number of aryl methyl sites for hydroxylation is 2. The number of thioether (sulfide) groups is 1. The molecule has 31 heavy (non-hydrogen) atoms. The lowest BCUT2D eigenvalue weighted by Gasteiger charge is -2.12. The van der Waals surface area contributed by atoms with Crippen LogP contribution in [-0.4, -0.2) is 34.7 Å². The van der Waals surface area contributed by atoms with E-state index in [2.05, 4.69) is 12.2 Å². The highest BCUT2D eigenvalue weighted by atomic mass is 32.2. The van der Waals surface area contributed by atoms with Crippen LogP contribution < -0.4 is 10.1 Å². The molecule has 0 fully saturated rings. The SMILES string of the molecule is CCCCOc1ccc(C2=NC(C)(C)N=C2SCC(=O)Nc2c(C)cccc2C)cc1. The molecule has 2 aromatic rings. The Balaban J connectivity index is 1.66. The molecule has 5 nitrogen and oxygen atoms in total. The van der Waals surface area contributed by atoms with Crippen molar-refractivity contribution in [2.24, 2.45) is 9.98 Å². The van der Waals surface area contributed by atoms with Crippen LogP contribution >= 0.6 is 11.8 Å². The van der Waals surface area contributed by atoms with E-state index in [1.165, 1.54) is 11.8 Å². The van der Waals surface area contributed by atoms with Crippen molar-refractivity contribution < 1.29 is 9.53 Å². The molecule has 0 bridgehead atoms. The van der Waals surface area contributed by atoms with Crippen LogP contribution in [0.25, 0.3) is 0 Å². The summed E-state index contributed by atoms with van der Waals surface area (Å²) < 4.78 is 5.76. The summed E-state index contributed by atoms with van der Waals surface area (Å²) in [5, 5.41) is 3.83. The molecule has 0 saturated heterocycles. The summed E-state index contributed by atoms with van der Waals surface area (Å²) in [6.07, 6.45) is 2.15. The van der Waals surface area contributed by atoms with Gasteiger partial charge in [0.1, 0.15) is 16.5 Å². The van der Waals surface area contributed by atoms with Gasteiger partial charge in [0.05, 0.1) is 18.1 Å². The van der Waals surface area contributed by atoms with Crippen molar-refractivity contribution in [3.63, 3.8) is 0 Å². The van der Waals surface area contributed by atoms with Gasteiger partial charge in [-0.3, -0.25) is 9.79 Å². The van der Waals surface area contributed by atoms with Crippen molar-refractivity contribution in [3.8, 4) is 5.75 Å². The summed E-state index contributed by atoms with van der Waals surface area (Å²) in [5.41, 5.74) is 4.28. The van der Waals surface area contributed by atoms with Gasteiger partial charge in [0.25, 0.3) is 0 Å². The van der Waals surface area contributed by atoms with Crippen LogP contribution in [-0.2, 0) is 4.79 Å². The minimum atomic E-state index is -0.531. The fourth-order valence-electron chi connectivity index (χ4n) is 3.30. The first-order chi connectivity index (χ1) is 14.8. The van der Waals surface area contributed by atoms with Crippen molar-refractivity contribution in [3.05, 3.63) is 59.2 Å². The zero-order valence-electron chi connectivity index (χ0n) is 19.0. The Hall–Kier alpha value is -2.60. The molecular weight excluding hydrogens is 406 g/mol. The molecule has 1 N–H and O–H groups in total. The van der Waals surface area contributed by atoms with Crippen molar-refractivity contribution in [2.75, 3.05) is 17.7 Å². The van der Waals surface area contributed by atoms with Crippen LogP contribution in [0.1, 0.15) is 50.3 Å². The highest BCUT2D eigenvalue weighted by molar-refractivity contribution is 8.16. The largest absolute Gasteiger partial charge is 0.494 e. The van der Waals surface area contributed by atoms with E-state index in [-0.39, 0.29) is 11.7 Å². The van der Waals surface area contributed by atoms with Crippen LogP contribution in [0.15, 0.2) is 52.4 Å². The number of nitrogens with zero attached hydrogens (tertiary/aromatic N) is 2. The maximum Gasteiger partial charge on any atom is 0.234 e. The lowest BCUT2D eigenvalue weighted by molar-refractivity contribution is -0.113. The third-order valence-corrected chi connectivity index (χ3v) is 5.91. The molecule has 0 saturated carbocycles. The van der Waals surface area contributed by atoms with Gasteiger partial charge in [0.15, 0.2) is 0 Å². The van der Waals surface area contributed by atoms with E-state index in [1.54, 1.807) is 0 Å². The Labute approximate surface area is 189 Å². The maximum absolute atomic E-state index is 12.6. The molecule has 1 heterocycles. The summed E-state index contributed by atoms with van der Waals surface area (Å²) in [7, 11) is 0. The number of benzene rings is 2. The van der Waals surface area contributed by atoms with E-state index >= 15 is 0 Å². The fourth-order valence-corrected chi connectivity index (χ4v) is 4.23. The lowest BCUT2D eigenvalue weighted by Crippen LogP contribution is -2.18. The average molecular weight is 438 g/mol.